The molecule has 3 heteroatoms. The van der Waals surface area contributed by atoms with Crippen LogP contribution in [0.5, 0.6) is 0 Å². The first-order valence-corrected chi connectivity index (χ1v) is 18.4. The third kappa shape index (κ3) is 4.87. The summed E-state index contributed by atoms with van der Waals surface area (Å²) in [5, 5.41) is 5.74. The molecule has 0 spiro atoms. The van der Waals surface area contributed by atoms with E-state index in [2.05, 4.69) is 193 Å². The normalized spacial score (nSPS) is 11.7. The fraction of sp³-hybridized carbons (Fsp3) is 0. The van der Waals surface area contributed by atoms with Crippen molar-refractivity contribution in [1.82, 2.24) is 9.55 Å². The quantitative estimate of drug-likeness (QED) is 0.180. The van der Waals surface area contributed by atoms with Crippen molar-refractivity contribution >= 4 is 54.6 Å². The van der Waals surface area contributed by atoms with Gasteiger partial charge in [0.2, 0.25) is 0 Å². The zero-order valence-electron chi connectivity index (χ0n) is 29.3. The van der Waals surface area contributed by atoms with Crippen LogP contribution in [0.3, 0.4) is 0 Å². The zero-order valence-corrected chi connectivity index (χ0v) is 29.3. The van der Waals surface area contributed by atoms with Gasteiger partial charge in [-0.2, -0.15) is 0 Å². The van der Waals surface area contributed by atoms with Gasteiger partial charge < -0.3 is 8.98 Å². The first-order chi connectivity index (χ1) is 26.8. The summed E-state index contributed by atoms with van der Waals surface area (Å²) in [7, 11) is 0. The van der Waals surface area contributed by atoms with Gasteiger partial charge in [-0.05, 0) is 81.9 Å². The minimum atomic E-state index is 0.848. The lowest BCUT2D eigenvalue weighted by molar-refractivity contribution is 0.669. The van der Waals surface area contributed by atoms with E-state index in [0.717, 1.165) is 83.1 Å². The van der Waals surface area contributed by atoms with E-state index in [1.165, 1.54) is 21.9 Å². The van der Waals surface area contributed by atoms with E-state index in [1.807, 2.05) is 6.07 Å². The van der Waals surface area contributed by atoms with Crippen molar-refractivity contribution in [2.45, 2.75) is 0 Å². The number of nitrogens with zero attached hydrogens (tertiary/aromatic N) is 2. The number of aromatic nitrogens is 2. The summed E-state index contributed by atoms with van der Waals surface area (Å²) in [6.45, 7) is 0. The van der Waals surface area contributed by atoms with Gasteiger partial charge in [-0.3, -0.25) is 0 Å². The minimum Gasteiger partial charge on any atom is -0.456 e. The number of fused-ring (bicyclic) bond motifs is 7. The molecular weight excluding hydrogens is 657 g/mol. The van der Waals surface area contributed by atoms with E-state index in [0.29, 0.717) is 0 Å². The fourth-order valence-corrected chi connectivity index (χ4v) is 8.26. The van der Waals surface area contributed by atoms with Gasteiger partial charge in [-0.25, -0.2) is 4.98 Å². The SMILES string of the molecule is c1ccc(-c2cc(-c3cc(-c4ccccc4)nc4ccccc34)c3c(c2)oc2cc(-n4c5ccccc5c5ccc(-c6ccccc6)cc54)ccc23)cc1. The molecule has 0 bridgehead atoms. The first kappa shape index (κ1) is 30.4. The number of para-hydroxylation sites is 2. The van der Waals surface area contributed by atoms with Crippen LogP contribution in [0.4, 0.5) is 0 Å². The third-order valence-corrected chi connectivity index (χ3v) is 10.8. The molecule has 252 valence electrons. The molecule has 0 aliphatic rings. The van der Waals surface area contributed by atoms with E-state index >= 15 is 0 Å². The van der Waals surface area contributed by atoms with E-state index < -0.39 is 0 Å². The van der Waals surface area contributed by atoms with E-state index in [9.17, 15) is 0 Å². The van der Waals surface area contributed by atoms with Crippen LogP contribution < -0.4 is 0 Å². The lowest BCUT2D eigenvalue weighted by Gasteiger charge is -2.13. The molecule has 11 aromatic rings. The monoisotopic (exact) mass is 688 g/mol. The summed E-state index contributed by atoms with van der Waals surface area (Å²) in [6, 6.07) is 69.0. The Labute approximate surface area is 312 Å². The lowest BCUT2D eigenvalue weighted by Crippen LogP contribution is -1.94. The van der Waals surface area contributed by atoms with Crippen LogP contribution in [-0.4, -0.2) is 9.55 Å². The lowest BCUT2D eigenvalue weighted by atomic mass is 9.91. The van der Waals surface area contributed by atoms with Gasteiger partial charge in [-0.15, -0.1) is 0 Å². The van der Waals surface area contributed by atoms with E-state index in [-0.39, 0.29) is 0 Å². The highest BCUT2D eigenvalue weighted by Gasteiger charge is 2.20. The first-order valence-electron chi connectivity index (χ1n) is 18.4. The van der Waals surface area contributed by atoms with Crippen LogP contribution in [0.1, 0.15) is 0 Å². The van der Waals surface area contributed by atoms with Crippen LogP contribution in [0, 0.1) is 0 Å². The molecule has 0 atom stereocenters. The average molecular weight is 689 g/mol. The number of hydrogen-bond acceptors (Lipinski definition) is 2. The molecule has 0 unspecified atom stereocenters. The van der Waals surface area contributed by atoms with Crippen molar-refractivity contribution in [3.63, 3.8) is 0 Å². The molecular formula is C51H32N2O. The molecule has 0 fully saturated rings. The Morgan fingerprint density at radius 2 is 1.00 bits per heavy atom. The van der Waals surface area contributed by atoms with Crippen molar-refractivity contribution in [3.8, 4) is 50.3 Å². The van der Waals surface area contributed by atoms with Gasteiger partial charge in [0, 0.05) is 44.2 Å². The predicted octanol–water partition coefficient (Wildman–Crippen LogP) is 13.9. The van der Waals surface area contributed by atoms with Crippen molar-refractivity contribution in [2.75, 3.05) is 0 Å². The molecule has 54 heavy (non-hydrogen) atoms. The van der Waals surface area contributed by atoms with Gasteiger partial charge in [0.05, 0.1) is 22.2 Å². The van der Waals surface area contributed by atoms with Gasteiger partial charge >= 0.3 is 0 Å². The van der Waals surface area contributed by atoms with Crippen molar-refractivity contribution in [1.29, 1.82) is 0 Å². The Morgan fingerprint density at radius 1 is 0.370 bits per heavy atom. The van der Waals surface area contributed by atoms with Gasteiger partial charge in [0.1, 0.15) is 11.2 Å². The summed E-state index contributed by atoms with van der Waals surface area (Å²) < 4.78 is 9.31. The third-order valence-electron chi connectivity index (χ3n) is 10.8. The summed E-state index contributed by atoms with van der Waals surface area (Å²) >= 11 is 0. The van der Waals surface area contributed by atoms with Crippen molar-refractivity contribution in [3.05, 3.63) is 194 Å². The Morgan fingerprint density at radius 3 is 1.78 bits per heavy atom. The molecule has 0 saturated heterocycles. The highest BCUT2D eigenvalue weighted by molar-refractivity contribution is 6.17. The molecule has 3 nitrogen and oxygen atoms in total. The molecule has 3 heterocycles. The van der Waals surface area contributed by atoms with Crippen LogP contribution >= 0.6 is 0 Å². The van der Waals surface area contributed by atoms with Crippen molar-refractivity contribution < 1.29 is 4.42 Å². The second-order valence-corrected chi connectivity index (χ2v) is 13.9. The molecule has 0 saturated carbocycles. The van der Waals surface area contributed by atoms with Crippen molar-refractivity contribution in [2.24, 2.45) is 0 Å². The minimum absolute atomic E-state index is 0.848. The van der Waals surface area contributed by atoms with Crippen LogP contribution in [0.15, 0.2) is 199 Å². The standard InChI is InChI=1S/C51H32N2O/c1-4-14-33(15-5-1)36-24-26-41-40-21-11-13-23-47(40)53(48(41)29-36)38-25-27-42-49(31-38)54-50-30-37(34-16-6-2-7-17-34)28-44(51(42)50)43-32-46(35-18-8-3-9-19-35)52-45-22-12-10-20-39(43)45/h1-32H. The number of pyridine rings is 1. The Hall–Kier alpha value is -7.23. The molecule has 0 aliphatic carbocycles. The number of rotatable bonds is 5. The Balaban J connectivity index is 1.18. The molecule has 0 N–H and O–H groups in total. The second-order valence-electron chi connectivity index (χ2n) is 13.9. The summed E-state index contributed by atoms with van der Waals surface area (Å²) in [5.74, 6) is 0. The second kappa shape index (κ2) is 12.2. The van der Waals surface area contributed by atoms with E-state index in [1.54, 1.807) is 0 Å². The maximum absolute atomic E-state index is 6.93. The molecule has 0 radical (unpaired) electrons. The largest absolute Gasteiger partial charge is 0.456 e. The van der Waals surface area contributed by atoms with E-state index in [4.69, 9.17) is 9.40 Å². The maximum atomic E-state index is 6.93. The van der Waals surface area contributed by atoms with Gasteiger partial charge in [0.15, 0.2) is 0 Å². The maximum Gasteiger partial charge on any atom is 0.137 e. The van der Waals surface area contributed by atoms with Gasteiger partial charge in [-0.1, -0.05) is 140 Å². The topological polar surface area (TPSA) is 31.0 Å². The number of benzene rings is 8. The van der Waals surface area contributed by atoms with Crippen LogP contribution in [-0.2, 0) is 0 Å². The number of hydrogen-bond donors (Lipinski definition) is 0. The molecule has 3 aromatic heterocycles. The number of furan rings is 1. The molecule has 8 aromatic carbocycles. The average Bonchev–Trinajstić information content (AvgIpc) is 3.78. The van der Waals surface area contributed by atoms with Crippen LogP contribution in [0.2, 0.25) is 0 Å². The fourth-order valence-electron chi connectivity index (χ4n) is 8.26. The Kier molecular flexibility index (Phi) is 6.86. The predicted molar refractivity (Wildman–Crippen MR) is 225 cm³/mol. The van der Waals surface area contributed by atoms with Gasteiger partial charge in [0.25, 0.3) is 0 Å². The molecule has 11 rings (SSSR count). The molecule has 0 aliphatic heterocycles. The smallest absolute Gasteiger partial charge is 0.137 e. The molecule has 0 amide bonds. The summed E-state index contributed by atoms with van der Waals surface area (Å²) in [5.41, 5.74) is 15.0. The highest BCUT2D eigenvalue weighted by atomic mass is 16.3. The summed E-state index contributed by atoms with van der Waals surface area (Å²) in [4.78, 5) is 5.13. The highest BCUT2D eigenvalue weighted by Crippen LogP contribution is 2.44. The summed E-state index contributed by atoms with van der Waals surface area (Å²) in [6.07, 6.45) is 0. The zero-order chi connectivity index (χ0) is 35.6. The van der Waals surface area contributed by atoms with Crippen LogP contribution in [0.25, 0.3) is 105 Å². The Bertz CT molecular complexity index is 3190.